The maximum atomic E-state index is 5.97. The fraction of sp³-hybridized carbons (Fsp3) is 1.00. The van der Waals surface area contributed by atoms with Crippen LogP contribution in [0.4, 0.5) is 0 Å². The molecule has 0 aromatic carbocycles. The average Bonchev–Trinajstić information content (AvgIpc) is 2.17. The third-order valence-corrected chi connectivity index (χ3v) is 4.46. The van der Waals surface area contributed by atoms with Crippen molar-refractivity contribution < 1.29 is 0 Å². The van der Waals surface area contributed by atoms with Crippen LogP contribution in [0.25, 0.3) is 0 Å². The van der Waals surface area contributed by atoms with Crippen molar-refractivity contribution in [2.24, 2.45) is 5.73 Å². The standard InChI is InChI=1S/C12H25N3/c1-14(2)11-5-3-8-15(9-11)12(10-13)6-4-7-12/h11H,3-10,13H2,1-2H3. The minimum Gasteiger partial charge on any atom is -0.329 e. The maximum Gasteiger partial charge on any atom is 0.0332 e. The highest BCUT2D eigenvalue weighted by molar-refractivity contribution is 5.01. The lowest BCUT2D eigenvalue weighted by Gasteiger charge is -2.53. The lowest BCUT2D eigenvalue weighted by atomic mass is 9.74. The monoisotopic (exact) mass is 211 g/mol. The molecule has 1 heterocycles. The van der Waals surface area contributed by atoms with E-state index in [1.165, 1.54) is 45.2 Å². The minimum absolute atomic E-state index is 0.384. The summed E-state index contributed by atoms with van der Waals surface area (Å²) >= 11 is 0. The molecule has 0 aromatic rings. The highest BCUT2D eigenvalue weighted by atomic mass is 15.3. The van der Waals surface area contributed by atoms with Crippen LogP contribution >= 0.6 is 0 Å². The molecule has 1 unspecified atom stereocenters. The van der Waals surface area contributed by atoms with Gasteiger partial charge in [-0.25, -0.2) is 0 Å². The summed E-state index contributed by atoms with van der Waals surface area (Å²) in [5.74, 6) is 0. The van der Waals surface area contributed by atoms with E-state index >= 15 is 0 Å². The number of rotatable bonds is 3. The summed E-state index contributed by atoms with van der Waals surface area (Å²) in [6, 6.07) is 0.739. The molecule has 1 atom stereocenters. The zero-order valence-corrected chi connectivity index (χ0v) is 10.2. The van der Waals surface area contributed by atoms with Gasteiger partial charge in [0.2, 0.25) is 0 Å². The Morgan fingerprint density at radius 3 is 2.53 bits per heavy atom. The molecule has 0 bridgehead atoms. The van der Waals surface area contributed by atoms with Gasteiger partial charge in [0.05, 0.1) is 0 Å². The fourth-order valence-electron chi connectivity index (χ4n) is 3.04. The molecule has 88 valence electrons. The summed E-state index contributed by atoms with van der Waals surface area (Å²) < 4.78 is 0. The van der Waals surface area contributed by atoms with Gasteiger partial charge < -0.3 is 10.6 Å². The molecular weight excluding hydrogens is 186 g/mol. The van der Waals surface area contributed by atoms with Crippen LogP contribution < -0.4 is 5.73 Å². The molecule has 1 aliphatic carbocycles. The predicted molar refractivity (Wildman–Crippen MR) is 63.9 cm³/mol. The van der Waals surface area contributed by atoms with Gasteiger partial charge in [-0.05, 0) is 52.7 Å². The Bertz CT molecular complexity index is 205. The number of hydrogen-bond acceptors (Lipinski definition) is 3. The molecule has 1 saturated carbocycles. The van der Waals surface area contributed by atoms with Gasteiger partial charge in [0, 0.05) is 24.7 Å². The predicted octanol–water partition coefficient (Wildman–Crippen LogP) is 0.894. The Kier molecular flexibility index (Phi) is 3.33. The lowest BCUT2D eigenvalue weighted by Crippen LogP contribution is -2.62. The second-order valence-electron chi connectivity index (χ2n) is 5.49. The second-order valence-corrected chi connectivity index (χ2v) is 5.49. The second kappa shape index (κ2) is 4.40. The molecule has 1 aliphatic heterocycles. The van der Waals surface area contributed by atoms with Crippen LogP contribution in [-0.4, -0.2) is 55.1 Å². The highest BCUT2D eigenvalue weighted by Crippen LogP contribution is 2.38. The van der Waals surface area contributed by atoms with Crippen LogP contribution in [0.3, 0.4) is 0 Å². The average molecular weight is 211 g/mol. The topological polar surface area (TPSA) is 32.5 Å². The Morgan fingerprint density at radius 2 is 2.07 bits per heavy atom. The van der Waals surface area contributed by atoms with Crippen molar-refractivity contribution in [3.63, 3.8) is 0 Å². The molecule has 2 aliphatic rings. The van der Waals surface area contributed by atoms with Gasteiger partial charge in [-0.1, -0.05) is 0 Å². The van der Waals surface area contributed by atoms with Gasteiger partial charge in [0.15, 0.2) is 0 Å². The van der Waals surface area contributed by atoms with Crippen LogP contribution in [0.5, 0.6) is 0 Å². The van der Waals surface area contributed by atoms with Crippen molar-refractivity contribution in [3.05, 3.63) is 0 Å². The number of piperidine rings is 1. The Balaban J connectivity index is 1.97. The Labute approximate surface area is 93.6 Å². The number of nitrogens with zero attached hydrogens (tertiary/aromatic N) is 2. The van der Waals surface area contributed by atoms with E-state index < -0.39 is 0 Å². The van der Waals surface area contributed by atoms with E-state index in [2.05, 4.69) is 23.9 Å². The fourth-order valence-corrected chi connectivity index (χ4v) is 3.04. The number of hydrogen-bond donors (Lipinski definition) is 1. The summed E-state index contributed by atoms with van der Waals surface area (Å²) in [5.41, 5.74) is 6.35. The van der Waals surface area contributed by atoms with E-state index in [0.717, 1.165) is 12.6 Å². The Morgan fingerprint density at radius 1 is 1.33 bits per heavy atom. The quantitative estimate of drug-likeness (QED) is 0.752. The first-order valence-corrected chi connectivity index (χ1v) is 6.29. The van der Waals surface area contributed by atoms with E-state index in [-0.39, 0.29) is 0 Å². The van der Waals surface area contributed by atoms with Crippen molar-refractivity contribution in [1.29, 1.82) is 0 Å². The molecule has 0 spiro atoms. The van der Waals surface area contributed by atoms with Crippen LogP contribution in [0.15, 0.2) is 0 Å². The third-order valence-electron chi connectivity index (χ3n) is 4.46. The lowest BCUT2D eigenvalue weighted by molar-refractivity contribution is -0.0138. The molecular formula is C12H25N3. The summed E-state index contributed by atoms with van der Waals surface area (Å²) in [6.45, 7) is 3.35. The molecule has 1 saturated heterocycles. The van der Waals surface area contributed by atoms with E-state index in [0.29, 0.717) is 5.54 Å². The molecule has 0 aromatic heterocycles. The largest absolute Gasteiger partial charge is 0.329 e. The minimum atomic E-state index is 0.384. The van der Waals surface area contributed by atoms with Gasteiger partial charge >= 0.3 is 0 Å². The van der Waals surface area contributed by atoms with E-state index in [4.69, 9.17) is 5.73 Å². The first kappa shape index (κ1) is 11.4. The SMILES string of the molecule is CN(C)C1CCCN(C2(CN)CCC2)C1. The summed E-state index contributed by atoms with van der Waals surface area (Å²) in [4.78, 5) is 5.04. The number of likely N-dealkylation sites (tertiary alicyclic amines) is 1. The van der Waals surface area contributed by atoms with Crippen LogP contribution in [0.2, 0.25) is 0 Å². The molecule has 3 heteroatoms. The van der Waals surface area contributed by atoms with Crippen molar-refractivity contribution in [2.45, 2.75) is 43.7 Å². The van der Waals surface area contributed by atoms with Crippen LogP contribution in [-0.2, 0) is 0 Å². The summed E-state index contributed by atoms with van der Waals surface area (Å²) in [6.07, 6.45) is 6.71. The van der Waals surface area contributed by atoms with Gasteiger partial charge in [0.1, 0.15) is 0 Å². The smallest absolute Gasteiger partial charge is 0.0332 e. The van der Waals surface area contributed by atoms with Crippen molar-refractivity contribution in [3.8, 4) is 0 Å². The zero-order chi connectivity index (χ0) is 10.9. The molecule has 0 radical (unpaired) electrons. The van der Waals surface area contributed by atoms with Crippen molar-refractivity contribution in [2.75, 3.05) is 33.7 Å². The zero-order valence-electron chi connectivity index (χ0n) is 10.2. The van der Waals surface area contributed by atoms with Crippen LogP contribution in [0, 0.1) is 0 Å². The van der Waals surface area contributed by atoms with Crippen molar-refractivity contribution >= 4 is 0 Å². The van der Waals surface area contributed by atoms with Gasteiger partial charge in [-0.15, -0.1) is 0 Å². The molecule has 2 rings (SSSR count). The first-order valence-electron chi connectivity index (χ1n) is 6.29. The number of nitrogens with two attached hydrogens (primary N) is 1. The Hall–Kier alpha value is -0.120. The number of likely N-dealkylation sites (N-methyl/N-ethyl adjacent to an activating group) is 1. The highest BCUT2D eigenvalue weighted by Gasteiger charge is 2.42. The normalized spacial score (nSPS) is 31.6. The maximum absolute atomic E-state index is 5.97. The molecule has 3 nitrogen and oxygen atoms in total. The molecule has 2 fully saturated rings. The van der Waals surface area contributed by atoms with E-state index in [9.17, 15) is 0 Å². The molecule has 2 N–H and O–H groups in total. The van der Waals surface area contributed by atoms with Gasteiger partial charge in [0.25, 0.3) is 0 Å². The molecule has 15 heavy (non-hydrogen) atoms. The summed E-state index contributed by atoms with van der Waals surface area (Å²) in [5, 5.41) is 0. The van der Waals surface area contributed by atoms with E-state index in [1.54, 1.807) is 0 Å². The van der Waals surface area contributed by atoms with E-state index in [1.807, 2.05) is 0 Å². The van der Waals surface area contributed by atoms with Crippen molar-refractivity contribution in [1.82, 2.24) is 9.80 Å². The first-order chi connectivity index (χ1) is 7.18. The molecule has 0 amide bonds. The van der Waals surface area contributed by atoms with Gasteiger partial charge in [-0.3, -0.25) is 4.90 Å². The van der Waals surface area contributed by atoms with Crippen LogP contribution in [0.1, 0.15) is 32.1 Å². The third kappa shape index (κ3) is 2.05. The summed E-state index contributed by atoms with van der Waals surface area (Å²) in [7, 11) is 4.40. The van der Waals surface area contributed by atoms with Gasteiger partial charge in [-0.2, -0.15) is 0 Å².